The van der Waals surface area contributed by atoms with Gasteiger partial charge in [0.05, 0.1) is 26.4 Å². The van der Waals surface area contributed by atoms with Gasteiger partial charge in [0, 0.05) is 29.1 Å². The van der Waals surface area contributed by atoms with E-state index >= 15 is 0 Å². The van der Waals surface area contributed by atoms with Crippen molar-refractivity contribution in [2.45, 2.75) is 77.0 Å². The molecule has 2 saturated heterocycles. The molecule has 0 aromatic heterocycles. The average molecular weight is 633 g/mol. The van der Waals surface area contributed by atoms with E-state index in [1.807, 2.05) is 48.5 Å². The lowest BCUT2D eigenvalue weighted by Gasteiger charge is -2.45. The summed E-state index contributed by atoms with van der Waals surface area (Å²) >= 11 is 6.39. The first-order valence-corrected chi connectivity index (χ1v) is 15.9. The third-order valence-electron chi connectivity index (χ3n) is 9.45. The molecule has 0 aliphatic carbocycles. The fraction of sp³-hybridized carbons (Fsp3) is 0.459. The quantitative estimate of drug-likeness (QED) is 0.285. The Kier molecular flexibility index (Phi) is 9.11. The third kappa shape index (κ3) is 6.23. The third-order valence-corrected chi connectivity index (χ3v) is 9.69. The fourth-order valence-electron chi connectivity index (χ4n) is 7.07. The summed E-state index contributed by atoms with van der Waals surface area (Å²) in [7, 11) is 1.66. The number of carbonyl (C=O) groups excluding carboxylic acids is 1. The van der Waals surface area contributed by atoms with Gasteiger partial charge in [-0.05, 0) is 45.7 Å². The smallest absolute Gasteiger partial charge is 0.326 e. The molecule has 2 heterocycles. The molecule has 2 aliphatic heterocycles. The topological polar surface area (TPSA) is 88.1 Å². The minimum atomic E-state index is -1.08. The normalized spacial score (nSPS) is 23.0. The molecule has 0 bridgehead atoms. The Morgan fingerprint density at radius 1 is 1.00 bits per heavy atom. The zero-order valence-corrected chi connectivity index (χ0v) is 28.0. The number of amides is 1. The number of halogens is 1. The number of ether oxygens (including phenoxy) is 2. The Morgan fingerprint density at radius 2 is 1.69 bits per heavy atom. The zero-order chi connectivity index (χ0) is 32.7. The molecule has 2 fully saturated rings. The van der Waals surface area contributed by atoms with Crippen molar-refractivity contribution >= 4 is 23.5 Å². The number of nitrogens with one attached hydrogen (secondary N) is 1. The van der Waals surface area contributed by atoms with Crippen molar-refractivity contribution < 1.29 is 24.2 Å². The molecule has 4 atom stereocenters. The van der Waals surface area contributed by atoms with Crippen LogP contribution in [0, 0.1) is 11.3 Å². The molecule has 3 aromatic carbocycles. The predicted molar refractivity (Wildman–Crippen MR) is 177 cm³/mol. The summed E-state index contributed by atoms with van der Waals surface area (Å²) in [5.74, 6) is -0.963. The van der Waals surface area contributed by atoms with Gasteiger partial charge in [-0.3, -0.25) is 4.79 Å². The molecule has 5 rings (SSSR count). The first kappa shape index (κ1) is 33.0. The van der Waals surface area contributed by atoms with Crippen LogP contribution >= 0.6 is 11.6 Å². The van der Waals surface area contributed by atoms with Crippen molar-refractivity contribution in [3.63, 3.8) is 0 Å². The lowest BCUT2D eigenvalue weighted by atomic mass is 9.72. The summed E-state index contributed by atoms with van der Waals surface area (Å²) in [6.07, 6.45) is 0. The molecule has 8 heteroatoms. The van der Waals surface area contributed by atoms with E-state index in [9.17, 15) is 14.7 Å². The number of hydrogen-bond acceptors (Lipinski definition) is 5. The summed E-state index contributed by atoms with van der Waals surface area (Å²) in [5.41, 5.74) is 2.18. The van der Waals surface area contributed by atoms with E-state index in [1.165, 1.54) is 5.56 Å². The summed E-state index contributed by atoms with van der Waals surface area (Å²) < 4.78 is 11.4. The largest absolute Gasteiger partial charge is 0.496 e. The maximum Gasteiger partial charge on any atom is 0.326 e. The zero-order valence-electron chi connectivity index (χ0n) is 27.3. The van der Waals surface area contributed by atoms with Crippen molar-refractivity contribution in [2.24, 2.45) is 11.3 Å². The molecular formula is C37H45ClN2O5. The second kappa shape index (κ2) is 12.4. The Balaban J connectivity index is 1.65. The SMILES string of the molecule is COc1ccc(C(C)(C)C)cc1CN[C@H]1[C@H](C(C)(C)C)[C@@H](C(=O)O)N(C(=O)C2(c3cccc(Cl)c3)COC2)[C@H]1c1ccccc1. The van der Waals surface area contributed by atoms with Crippen LogP contribution in [0.5, 0.6) is 5.75 Å². The Morgan fingerprint density at radius 3 is 2.22 bits per heavy atom. The first-order chi connectivity index (χ1) is 21.2. The highest BCUT2D eigenvalue weighted by atomic mass is 35.5. The van der Waals surface area contributed by atoms with Gasteiger partial charge in [-0.2, -0.15) is 0 Å². The highest BCUT2D eigenvalue weighted by Crippen LogP contribution is 2.51. The van der Waals surface area contributed by atoms with E-state index in [4.69, 9.17) is 21.1 Å². The summed E-state index contributed by atoms with van der Waals surface area (Å²) in [6, 6.07) is 21.2. The van der Waals surface area contributed by atoms with Crippen molar-refractivity contribution in [3.05, 3.63) is 100 Å². The average Bonchev–Trinajstić information content (AvgIpc) is 3.31. The summed E-state index contributed by atoms with van der Waals surface area (Å²) in [6.45, 7) is 13.4. The number of carbonyl (C=O) groups is 2. The molecule has 0 radical (unpaired) electrons. The summed E-state index contributed by atoms with van der Waals surface area (Å²) in [4.78, 5) is 30.0. The van der Waals surface area contributed by atoms with E-state index < -0.39 is 40.8 Å². The number of hydrogen-bond donors (Lipinski definition) is 2. The molecular weight excluding hydrogens is 588 g/mol. The number of nitrogens with zero attached hydrogens (tertiary/aromatic N) is 1. The number of carboxylic acids is 1. The van der Waals surface area contributed by atoms with Gasteiger partial charge in [0.25, 0.3) is 0 Å². The standard InChI is InChI=1S/C37H45ClN2O5/c1-35(2,3)25-16-17-28(44-7)24(18-25)20-39-30-29(36(4,5)6)32(33(41)42)40(31(30)23-12-9-8-10-13-23)34(43)37(21-45-22-37)26-14-11-15-27(38)19-26/h8-19,29-32,39H,20-22H2,1-7H3,(H,41,42)/t29-,30-,31-,32-/m0/s1. The van der Waals surface area contributed by atoms with Crippen molar-refractivity contribution in [3.8, 4) is 5.75 Å². The van der Waals surface area contributed by atoms with Crippen LogP contribution in [0.1, 0.15) is 69.8 Å². The van der Waals surface area contributed by atoms with Gasteiger partial charge in [-0.1, -0.05) is 108 Å². The molecule has 240 valence electrons. The second-order valence-corrected chi connectivity index (χ2v) is 14.9. The van der Waals surface area contributed by atoms with Crippen molar-refractivity contribution in [1.82, 2.24) is 10.2 Å². The monoisotopic (exact) mass is 632 g/mol. The molecule has 2 N–H and O–H groups in total. The fourth-order valence-corrected chi connectivity index (χ4v) is 7.26. The van der Waals surface area contributed by atoms with Gasteiger partial charge < -0.3 is 24.8 Å². The minimum Gasteiger partial charge on any atom is -0.496 e. The number of methoxy groups -OCH3 is 1. The molecule has 7 nitrogen and oxygen atoms in total. The van der Waals surface area contributed by atoms with E-state index in [-0.39, 0.29) is 24.5 Å². The molecule has 3 aromatic rings. The van der Waals surface area contributed by atoms with E-state index in [1.54, 1.807) is 24.1 Å². The Labute approximate surface area is 271 Å². The van der Waals surface area contributed by atoms with Crippen LogP contribution in [0.3, 0.4) is 0 Å². The highest BCUT2D eigenvalue weighted by molar-refractivity contribution is 6.30. The van der Waals surface area contributed by atoms with Crippen LogP contribution < -0.4 is 10.1 Å². The minimum absolute atomic E-state index is 0.0635. The number of rotatable bonds is 8. The number of carboxylic acid groups (broad SMARTS) is 1. The molecule has 0 spiro atoms. The Bertz CT molecular complexity index is 1540. The highest BCUT2D eigenvalue weighted by Gasteiger charge is 2.62. The van der Waals surface area contributed by atoms with Crippen LogP contribution in [0.2, 0.25) is 5.02 Å². The molecule has 2 aliphatic rings. The van der Waals surface area contributed by atoms with E-state index in [0.717, 1.165) is 22.4 Å². The van der Waals surface area contributed by atoms with Crippen LogP contribution in [0.25, 0.3) is 0 Å². The van der Waals surface area contributed by atoms with Crippen LogP contribution in [-0.4, -0.2) is 54.3 Å². The predicted octanol–water partition coefficient (Wildman–Crippen LogP) is 6.77. The molecule has 45 heavy (non-hydrogen) atoms. The van der Waals surface area contributed by atoms with E-state index in [2.05, 4.69) is 59.0 Å². The van der Waals surface area contributed by atoms with Gasteiger partial charge in [-0.15, -0.1) is 0 Å². The van der Waals surface area contributed by atoms with Crippen LogP contribution in [-0.2, 0) is 31.7 Å². The molecule has 0 saturated carbocycles. The lowest BCUT2D eigenvalue weighted by molar-refractivity contribution is -0.166. The van der Waals surface area contributed by atoms with E-state index in [0.29, 0.717) is 11.6 Å². The van der Waals surface area contributed by atoms with Gasteiger partial charge >= 0.3 is 5.97 Å². The first-order valence-electron chi connectivity index (χ1n) is 15.5. The van der Waals surface area contributed by atoms with Gasteiger partial charge in [0.2, 0.25) is 5.91 Å². The Hall–Kier alpha value is -3.39. The summed E-state index contributed by atoms with van der Waals surface area (Å²) in [5, 5.41) is 15.2. The van der Waals surface area contributed by atoms with Crippen LogP contribution in [0.4, 0.5) is 0 Å². The second-order valence-electron chi connectivity index (χ2n) is 14.5. The maximum absolute atomic E-state index is 15.0. The van der Waals surface area contributed by atoms with Gasteiger partial charge in [-0.25, -0.2) is 4.79 Å². The maximum atomic E-state index is 15.0. The number of aliphatic carboxylic acids is 1. The number of benzene rings is 3. The van der Waals surface area contributed by atoms with Crippen molar-refractivity contribution in [1.29, 1.82) is 0 Å². The molecule has 1 amide bonds. The molecule has 0 unspecified atom stereocenters. The van der Waals surface area contributed by atoms with Crippen molar-refractivity contribution in [2.75, 3.05) is 20.3 Å². The number of likely N-dealkylation sites (tertiary alicyclic amines) is 1. The van der Waals surface area contributed by atoms with Gasteiger partial charge in [0.1, 0.15) is 17.2 Å². The van der Waals surface area contributed by atoms with Gasteiger partial charge in [0.15, 0.2) is 0 Å². The van der Waals surface area contributed by atoms with Crippen LogP contribution in [0.15, 0.2) is 72.8 Å². The lowest BCUT2D eigenvalue weighted by Crippen LogP contribution is -2.61.